The number of rotatable bonds is 5. The molecule has 1 atom stereocenters. The Morgan fingerprint density at radius 2 is 2.36 bits per heavy atom. The predicted octanol–water partition coefficient (Wildman–Crippen LogP) is 0.504. The summed E-state index contributed by atoms with van der Waals surface area (Å²) in [6, 6.07) is 0. The van der Waals surface area contributed by atoms with Crippen LogP contribution < -0.4 is 0 Å². The van der Waals surface area contributed by atoms with Gasteiger partial charge in [0.15, 0.2) is 0 Å². The van der Waals surface area contributed by atoms with Gasteiger partial charge in [-0.3, -0.25) is 0 Å². The molecular weight excluding hydrogens is 178 g/mol. The van der Waals surface area contributed by atoms with Gasteiger partial charge in [0.2, 0.25) is 0 Å². The first-order valence-corrected chi connectivity index (χ1v) is 4.94. The minimum absolute atomic E-state index is 0.260. The minimum atomic E-state index is -0.260. The summed E-state index contributed by atoms with van der Waals surface area (Å²) in [4.78, 5) is 6.27. The molecule has 0 aliphatic heterocycles. The number of imidazole rings is 1. The van der Waals surface area contributed by atoms with E-state index in [1.54, 1.807) is 6.92 Å². The SMILES string of the molecule is Cc1nccn1CCN(C)CC(C)O. The Kier molecular flexibility index (Phi) is 4.10. The summed E-state index contributed by atoms with van der Waals surface area (Å²) in [5, 5.41) is 9.17. The van der Waals surface area contributed by atoms with Crippen molar-refractivity contribution in [3.63, 3.8) is 0 Å². The fourth-order valence-electron chi connectivity index (χ4n) is 1.46. The van der Waals surface area contributed by atoms with E-state index in [0.717, 1.165) is 18.9 Å². The van der Waals surface area contributed by atoms with Gasteiger partial charge in [-0.1, -0.05) is 0 Å². The highest BCUT2D eigenvalue weighted by Gasteiger charge is 2.03. The van der Waals surface area contributed by atoms with Crippen LogP contribution in [0.4, 0.5) is 0 Å². The maximum atomic E-state index is 9.17. The lowest BCUT2D eigenvalue weighted by molar-refractivity contribution is 0.139. The van der Waals surface area contributed by atoms with Crippen LogP contribution in [0.25, 0.3) is 0 Å². The van der Waals surface area contributed by atoms with Gasteiger partial charge in [0.05, 0.1) is 6.10 Å². The number of aromatic nitrogens is 2. The standard InChI is InChI=1S/C10H19N3O/c1-9(14)8-12(3)6-7-13-5-4-11-10(13)2/h4-5,9,14H,6-8H2,1-3H3. The molecule has 4 heteroatoms. The van der Waals surface area contributed by atoms with Crippen LogP contribution in [0.3, 0.4) is 0 Å². The third-order valence-corrected chi connectivity index (χ3v) is 2.22. The second-order valence-corrected chi connectivity index (χ2v) is 3.78. The van der Waals surface area contributed by atoms with Crippen molar-refractivity contribution in [2.75, 3.05) is 20.1 Å². The lowest BCUT2D eigenvalue weighted by Crippen LogP contribution is -2.30. The van der Waals surface area contributed by atoms with Crippen LogP contribution in [0.1, 0.15) is 12.7 Å². The maximum Gasteiger partial charge on any atom is 0.105 e. The highest BCUT2D eigenvalue weighted by molar-refractivity contribution is 4.88. The molecule has 0 amide bonds. The van der Waals surface area contributed by atoms with E-state index in [0.29, 0.717) is 6.54 Å². The topological polar surface area (TPSA) is 41.3 Å². The monoisotopic (exact) mass is 197 g/mol. The number of nitrogens with zero attached hydrogens (tertiary/aromatic N) is 3. The molecule has 0 spiro atoms. The zero-order valence-corrected chi connectivity index (χ0v) is 9.14. The molecule has 0 aliphatic carbocycles. The van der Waals surface area contributed by atoms with E-state index in [2.05, 4.69) is 14.5 Å². The average Bonchev–Trinajstić information content (AvgIpc) is 2.46. The summed E-state index contributed by atoms with van der Waals surface area (Å²) in [6.07, 6.45) is 3.53. The molecule has 4 nitrogen and oxygen atoms in total. The normalized spacial score (nSPS) is 13.5. The fourth-order valence-corrected chi connectivity index (χ4v) is 1.46. The van der Waals surface area contributed by atoms with E-state index < -0.39 is 0 Å². The van der Waals surface area contributed by atoms with Crippen molar-refractivity contribution in [2.45, 2.75) is 26.5 Å². The molecule has 1 heterocycles. The van der Waals surface area contributed by atoms with Crippen molar-refractivity contribution < 1.29 is 5.11 Å². The Balaban J connectivity index is 2.30. The molecule has 0 saturated heterocycles. The number of likely N-dealkylation sites (N-methyl/N-ethyl adjacent to an activating group) is 1. The molecule has 0 aliphatic rings. The first kappa shape index (κ1) is 11.2. The summed E-state index contributed by atoms with van der Waals surface area (Å²) >= 11 is 0. The molecule has 80 valence electrons. The molecule has 0 fully saturated rings. The van der Waals surface area contributed by atoms with Crippen molar-refractivity contribution in [1.82, 2.24) is 14.5 Å². The second kappa shape index (κ2) is 5.12. The van der Waals surface area contributed by atoms with Gasteiger partial charge >= 0.3 is 0 Å². The number of hydrogen-bond acceptors (Lipinski definition) is 3. The smallest absolute Gasteiger partial charge is 0.105 e. The highest BCUT2D eigenvalue weighted by Crippen LogP contribution is 1.96. The Bertz CT molecular complexity index is 270. The molecule has 1 rings (SSSR count). The lowest BCUT2D eigenvalue weighted by atomic mass is 10.4. The maximum absolute atomic E-state index is 9.17. The molecule has 0 saturated carbocycles. The number of hydrogen-bond donors (Lipinski definition) is 1. The van der Waals surface area contributed by atoms with Crippen molar-refractivity contribution in [3.8, 4) is 0 Å². The number of aliphatic hydroxyl groups excluding tert-OH is 1. The van der Waals surface area contributed by atoms with E-state index in [9.17, 15) is 5.11 Å². The van der Waals surface area contributed by atoms with Gasteiger partial charge in [0.25, 0.3) is 0 Å². The minimum Gasteiger partial charge on any atom is -0.392 e. The summed E-state index contributed by atoms with van der Waals surface area (Å²) in [5.74, 6) is 1.04. The van der Waals surface area contributed by atoms with Gasteiger partial charge in [0, 0.05) is 32.0 Å². The largest absolute Gasteiger partial charge is 0.392 e. The number of aliphatic hydroxyl groups is 1. The van der Waals surface area contributed by atoms with Crippen molar-refractivity contribution in [1.29, 1.82) is 0 Å². The zero-order chi connectivity index (χ0) is 10.6. The molecule has 0 bridgehead atoms. The average molecular weight is 197 g/mol. The molecule has 14 heavy (non-hydrogen) atoms. The van der Waals surface area contributed by atoms with E-state index >= 15 is 0 Å². The molecular formula is C10H19N3O. The quantitative estimate of drug-likeness (QED) is 0.747. The summed E-state index contributed by atoms with van der Waals surface area (Å²) in [5.41, 5.74) is 0. The van der Waals surface area contributed by atoms with Crippen LogP contribution in [0, 0.1) is 6.92 Å². The first-order chi connectivity index (χ1) is 6.59. The van der Waals surface area contributed by atoms with Gasteiger partial charge in [-0.15, -0.1) is 0 Å². The van der Waals surface area contributed by atoms with E-state index in [1.807, 2.05) is 26.4 Å². The third-order valence-electron chi connectivity index (χ3n) is 2.22. The van der Waals surface area contributed by atoms with Crippen LogP contribution >= 0.6 is 0 Å². The molecule has 0 radical (unpaired) electrons. The van der Waals surface area contributed by atoms with E-state index in [1.165, 1.54) is 0 Å². The first-order valence-electron chi connectivity index (χ1n) is 4.94. The lowest BCUT2D eigenvalue weighted by Gasteiger charge is -2.18. The summed E-state index contributed by atoms with van der Waals surface area (Å²) in [6.45, 7) is 6.37. The zero-order valence-electron chi connectivity index (χ0n) is 9.14. The van der Waals surface area contributed by atoms with Crippen molar-refractivity contribution in [3.05, 3.63) is 18.2 Å². The molecule has 1 aromatic heterocycles. The van der Waals surface area contributed by atoms with Gasteiger partial charge in [-0.25, -0.2) is 4.98 Å². The second-order valence-electron chi connectivity index (χ2n) is 3.78. The van der Waals surface area contributed by atoms with Gasteiger partial charge in [-0.2, -0.15) is 0 Å². The van der Waals surface area contributed by atoms with Gasteiger partial charge < -0.3 is 14.6 Å². The highest BCUT2D eigenvalue weighted by atomic mass is 16.3. The molecule has 1 aromatic rings. The van der Waals surface area contributed by atoms with Crippen LogP contribution in [0.15, 0.2) is 12.4 Å². The van der Waals surface area contributed by atoms with Crippen LogP contribution in [-0.2, 0) is 6.54 Å². The van der Waals surface area contributed by atoms with E-state index in [4.69, 9.17) is 0 Å². The van der Waals surface area contributed by atoms with Gasteiger partial charge in [-0.05, 0) is 20.9 Å². The summed E-state index contributed by atoms with van der Waals surface area (Å²) in [7, 11) is 2.01. The van der Waals surface area contributed by atoms with Crippen LogP contribution in [0.2, 0.25) is 0 Å². The Morgan fingerprint density at radius 3 is 2.86 bits per heavy atom. The van der Waals surface area contributed by atoms with Gasteiger partial charge in [0.1, 0.15) is 5.82 Å². The molecule has 1 N–H and O–H groups in total. The Hall–Kier alpha value is -0.870. The molecule has 0 aromatic carbocycles. The predicted molar refractivity (Wildman–Crippen MR) is 56.1 cm³/mol. The Morgan fingerprint density at radius 1 is 1.64 bits per heavy atom. The fraction of sp³-hybridized carbons (Fsp3) is 0.700. The molecule has 1 unspecified atom stereocenters. The van der Waals surface area contributed by atoms with Crippen molar-refractivity contribution in [2.24, 2.45) is 0 Å². The Labute approximate surface area is 85.2 Å². The van der Waals surface area contributed by atoms with Crippen LogP contribution in [-0.4, -0.2) is 45.8 Å². The summed E-state index contributed by atoms with van der Waals surface area (Å²) < 4.78 is 2.11. The van der Waals surface area contributed by atoms with E-state index in [-0.39, 0.29) is 6.10 Å². The van der Waals surface area contributed by atoms with Crippen molar-refractivity contribution >= 4 is 0 Å². The third kappa shape index (κ3) is 3.47. The van der Waals surface area contributed by atoms with Crippen LogP contribution in [0.5, 0.6) is 0 Å². The number of aryl methyl sites for hydroxylation is 1.